The summed E-state index contributed by atoms with van der Waals surface area (Å²) in [4.78, 5) is 41.8. The van der Waals surface area contributed by atoms with Gasteiger partial charge in [-0.3, -0.25) is 14.4 Å². The highest BCUT2D eigenvalue weighted by atomic mass is 19.1. The van der Waals surface area contributed by atoms with Crippen LogP contribution in [0.5, 0.6) is 0 Å². The summed E-state index contributed by atoms with van der Waals surface area (Å²) in [5, 5.41) is 0. The molecule has 160 valence electrons. The second-order valence-electron chi connectivity index (χ2n) is 8.18. The van der Waals surface area contributed by atoms with Crippen molar-refractivity contribution in [3.05, 3.63) is 94.3 Å². The molecule has 5 nitrogen and oxygen atoms in total. The molecule has 3 aromatic carbocycles. The number of nitrogens with zero attached hydrogens (tertiary/aromatic N) is 2. The molecule has 0 bridgehead atoms. The summed E-state index contributed by atoms with van der Waals surface area (Å²) in [6.07, 6.45) is 0. The van der Waals surface area contributed by atoms with Gasteiger partial charge in [-0.05, 0) is 47.9 Å². The standard InChI is InChI=1S/C26H21FN2O3/c1-16-6-7-18(15-23(16)27)26(32)29-12-10-28(11-13-29)25(31)17-8-9-20-19-4-2-3-5-21(19)24(30)22(20)14-17/h2-9,14-15H,10-13H2,1H3. The highest BCUT2D eigenvalue weighted by Gasteiger charge is 2.29. The van der Waals surface area contributed by atoms with Crippen molar-refractivity contribution in [3.63, 3.8) is 0 Å². The third kappa shape index (κ3) is 3.28. The predicted octanol–water partition coefficient (Wildman–Crippen LogP) is 3.94. The number of piperazine rings is 1. The summed E-state index contributed by atoms with van der Waals surface area (Å²) in [6, 6.07) is 17.2. The zero-order valence-electron chi connectivity index (χ0n) is 17.6. The van der Waals surface area contributed by atoms with Crippen molar-refractivity contribution < 1.29 is 18.8 Å². The molecule has 6 heteroatoms. The van der Waals surface area contributed by atoms with Crippen molar-refractivity contribution in [1.82, 2.24) is 9.80 Å². The van der Waals surface area contributed by atoms with Gasteiger partial charge < -0.3 is 9.80 Å². The summed E-state index contributed by atoms with van der Waals surface area (Å²) in [6.45, 7) is 3.15. The van der Waals surface area contributed by atoms with Gasteiger partial charge in [-0.2, -0.15) is 0 Å². The van der Waals surface area contributed by atoms with E-state index in [2.05, 4.69) is 0 Å². The molecule has 0 atom stereocenters. The lowest BCUT2D eigenvalue weighted by atomic mass is 10.0. The highest BCUT2D eigenvalue weighted by molar-refractivity contribution is 6.22. The first-order valence-electron chi connectivity index (χ1n) is 10.6. The van der Waals surface area contributed by atoms with E-state index in [1.165, 1.54) is 6.07 Å². The molecule has 32 heavy (non-hydrogen) atoms. The van der Waals surface area contributed by atoms with Gasteiger partial charge in [-0.15, -0.1) is 0 Å². The van der Waals surface area contributed by atoms with Crippen LogP contribution in [0.15, 0.2) is 60.7 Å². The molecule has 3 aromatic rings. The second-order valence-corrected chi connectivity index (χ2v) is 8.18. The SMILES string of the molecule is Cc1ccc(C(=O)N2CCN(C(=O)c3ccc4c(c3)C(=O)c3ccccc3-4)CC2)cc1F. The number of amides is 2. The third-order valence-corrected chi connectivity index (χ3v) is 6.25. The van der Waals surface area contributed by atoms with Gasteiger partial charge in [0.05, 0.1) is 0 Å². The number of ketones is 1. The topological polar surface area (TPSA) is 57.7 Å². The Kier molecular flexibility index (Phi) is 4.85. The van der Waals surface area contributed by atoms with Gasteiger partial charge in [0.25, 0.3) is 11.8 Å². The van der Waals surface area contributed by atoms with E-state index in [-0.39, 0.29) is 17.6 Å². The first-order chi connectivity index (χ1) is 15.4. The van der Waals surface area contributed by atoms with E-state index in [4.69, 9.17) is 0 Å². The van der Waals surface area contributed by atoms with Crippen LogP contribution in [0.1, 0.15) is 42.2 Å². The van der Waals surface area contributed by atoms with Gasteiger partial charge in [0.1, 0.15) is 5.82 Å². The molecule has 0 unspecified atom stereocenters. The molecule has 0 saturated carbocycles. The summed E-state index contributed by atoms with van der Waals surface area (Å²) in [7, 11) is 0. The first-order valence-corrected chi connectivity index (χ1v) is 10.6. The Morgan fingerprint density at radius 2 is 1.25 bits per heavy atom. The number of rotatable bonds is 2. The highest BCUT2D eigenvalue weighted by Crippen LogP contribution is 2.36. The minimum Gasteiger partial charge on any atom is -0.335 e. The van der Waals surface area contributed by atoms with Gasteiger partial charge in [0.15, 0.2) is 5.78 Å². The van der Waals surface area contributed by atoms with E-state index in [1.807, 2.05) is 24.3 Å². The third-order valence-electron chi connectivity index (χ3n) is 6.25. The fourth-order valence-electron chi connectivity index (χ4n) is 4.36. The molecule has 1 saturated heterocycles. The van der Waals surface area contributed by atoms with Gasteiger partial charge in [-0.25, -0.2) is 4.39 Å². The lowest BCUT2D eigenvalue weighted by Gasteiger charge is -2.35. The molecule has 0 spiro atoms. The molecule has 2 amide bonds. The van der Waals surface area contributed by atoms with E-state index in [9.17, 15) is 18.8 Å². The molecule has 0 radical (unpaired) electrons. The Hall–Kier alpha value is -3.80. The second kappa shape index (κ2) is 7.71. The molecule has 2 aliphatic rings. The summed E-state index contributed by atoms with van der Waals surface area (Å²) in [5.74, 6) is -0.870. The van der Waals surface area contributed by atoms with Crippen LogP contribution in [0.25, 0.3) is 11.1 Å². The van der Waals surface area contributed by atoms with E-state index in [1.54, 1.807) is 47.1 Å². The quantitative estimate of drug-likeness (QED) is 0.486. The van der Waals surface area contributed by atoms with Gasteiger partial charge in [0, 0.05) is 48.4 Å². The lowest BCUT2D eigenvalue weighted by molar-refractivity contribution is 0.0535. The Labute approximate surface area is 185 Å². The maximum atomic E-state index is 13.8. The molecule has 1 aliphatic heterocycles. The fourth-order valence-corrected chi connectivity index (χ4v) is 4.36. The van der Waals surface area contributed by atoms with Crippen LogP contribution >= 0.6 is 0 Å². The molecule has 0 N–H and O–H groups in total. The number of carbonyl (C=O) groups is 3. The molecule has 5 rings (SSSR count). The largest absolute Gasteiger partial charge is 0.335 e. The average Bonchev–Trinajstić information content (AvgIpc) is 3.12. The van der Waals surface area contributed by atoms with Crippen molar-refractivity contribution in [2.24, 2.45) is 0 Å². The maximum absolute atomic E-state index is 13.8. The van der Waals surface area contributed by atoms with Crippen molar-refractivity contribution in [2.75, 3.05) is 26.2 Å². The van der Waals surface area contributed by atoms with E-state index in [0.29, 0.717) is 54.0 Å². The number of carbonyl (C=O) groups excluding carboxylic acids is 3. The van der Waals surface area contributed by atoms with E-state index < -0.39 is 5.82 Å². The lowest BCUT2D eigenvalue weighted by Crippen LogP contribution is -2.50. The van der Waals surface area contributed by atoms with Crippen LogP contribution in [0, 0.1) is 12.7 Å². The number of aryl methyl sites for hydroxylation is 1. The van der Waals surface area contributed by atoms with E-state index >= 15 is 0 Å². The van der Waals surface area contributed by atoms with E-state index in [0.717, 1.165) is 11.1 Å². The number of fused-ring (bicyclic) bond motifs is 3. The zero-order chi connectivity index (χ0) is 22.4. The minimum atomic E-state index is -0.405. The van der Waals surface area contributed by atoms with Crippen LogP contribution in [-0.2, 0) is 0 Å². The summed E-state index contributed by atoms with van der Waals surface area (Å²) < 4.78 is 13.8. The normalized spacial score (nSPS) is 14.9. The van der Waals surface area contributed by atoms with Crippen molar-refractivity contribution in [3.8, 4) is 11.1 Å². The van der Waals surface area contributed by atoms with Gasteiger partial charge >= 0.3 is 0 Å². The van der Waals surface area contributed by atoms with Crippen LogP contribution in [0.2, 0.25) is 0 Å². The number of hydrogen-bond donors (Lipinski definition) is 0. The Morgan fingerprint density at radius 1 is 0.719 bits per heavy atom. The van der Waals surface area contributed by atoms with Crippen LogP contribution < -0.4 is 0 Å². The average molecular weight is 428 g/mol. The van der Waals surface area contributed by atoms with Crippen LogP contribution in [0.4, 0.5) is 4.39 Å². The smallest absolute Gasteiger partial charge is 0.254 e. The molecule has 1 heterocycles. The predicted molar refractivity (Wildman–Crippen MR) is 118 cm³/mol. The van der Waals surface area contributed by atoms with Crippen LogP contribution in [0.3, 0.4) is 0 Å². The van der Waals surface area contributed by atoms with Crippen molar-refractivity contribution in [1.29, 1.82) is 0 Å². The Morgan fingerprint density at radius 3 is 1.88 bits per heavy atom. The number of hydrogen-bond acceptors (Lipinski definition) is 3. The number of benzene rings is 3. The van der Waals surface area contributed by atoms with Gasteiger partial charge in [-0.1, -0.05) is 36.4 Å². The zero-order valence-corrected chi connectivity index (χ0v) is 17.6. The van der Waals surface area contributed by atoms with Crippen LogP contribution in [-0.4, -0.2) is 53.6 Å². The van der Waals surface area contributed by atoms with Gasteiger partial charge in [0.2, 0.25) is 0 Å². The summed E-state index contributed by atoms with van der Waals surface area (Å²) >= 11 is 0. The first kappa shape index (κ1) is 20.1. The molecular weight excluding hydrogens is 407 g/mol. The Bertz CT molecular complexity index is 1280. The minimum absolute atomic E-state index is 0.0639. The molecule has 1 aliphatic carbocycles. The monoisotopic (exact) mass is 428 g/mol. The van der Waals surface area contributed by atoms with Crippen molar-refractivity contribution >= 4 is 17.6 Å². The Balaban J connectivity index is 1.29. The molecule has 0 aromatic heterocycles. The fraction of sp³-hybridized carbons (Fsp3) is 0.192. The summed E-state index contributed by atoms with van der Waals surface area (Å²) in [5.41, 5.74) is 4.22. The van der Waals surface area contributed by atoms with Crippen molar-refractivity contribution in [2.45, 2.75) is 6.92 Å². The molecular formula is C26H21FN2O3. The number of halogens is 1. The maximum Gasteiger partial charge on any atom is 0.254 e. The molecule has 1 fully saturated rings.